The molecule has 2 aliphatic carbocycles. The van der Waals surface area contributed by atoms with Crippen LogP contribution in [0, 0.1) is 0 Å². The van der Waals surface area contributed by atoms with Crippen molar-refractivity contribution < 1.29 is 9.18 Å². The van der Waals surface area contributed by atoms with E-state index in [1.807, 2.05) is 0 Å². The van der Waals surface area contributed by atoms with Gasteiger partial charge in [-0.3, -0.25) is 4.79 Å². The fraction of sp³-hybridized carbons (Fsp3) is 0.850. The van der Waals surface area contributed by atoms with Crippen molar-refractivity contribution in [1.82, 2.24) is 14.7 Å². The summed E-state index contributed by atoms with van der Waals surface area (Å²) in [5, 5.41) is 3.99. The summed E-state index contributed by atoms with van der Waals surface area (Å²) in [5.41, 5.74) is -1.75. The standard InChI is InChI=1S/C20H31FN4OS/c1-19(2,21)17(26)22-15-9-12-25(20(13-15)10-6-11-20)18-23-16(24-27-18)14-7-4-3-5-8-14/h14-15H,3-13H2,1-2H3,(H,22,26). The molecule has 1 amide bonds. The predicted octanol–water partition coefficient (Wildman–Crippen LogP) is 4.34. The number of hydrogen-bond acceptors (Lipinski definition) is 5. The lowest BCUT2D eigenvalue weighted by Gasteiger charge is -2.55. The quantitative estimate of drug-likeness (QED) is 0.825. The molecule has 1 spiro atoms. The number of nitrogens with one attached hydrogen (secondary N) is 1. The lowest BCUT2D eigenvalue weighted by Crippen LogP contribution is -2.62. The van der Waals surface area contributed by atoms with Crippen molar-refractivity contribution in [2.45, 2.75) is 101 Å². The number of aromatic nitrogens is 2. The van der Waals surface area contributed by atoms with E-state index in [1.165, 1.54) is 63.9 Å². The first-order valence-electron chi connectivity index (χ1n) is 10.5. The number of hydrogen-bond donors (Lipinski definition) is 1. The number of halogens is 1. The molecule has 27 heavy (non-hydrogen) atoms. The monoisotopic (exact) mass is 394 g/mol. The van der Waals surface area contributed by atoms with Gasteiger partial charge in [-0.2, -0.15) is 4.37 Å². The van der Waals surface area contributed by atoms with Crippen LogP contribution in [0.5, 0.6) is 0 Å². The summed E-state index contributed by atoms with van der Waals surface area (Å²) in [7, 11) is 0. The minimum atomic E-state index is -1.82. The molecule has 1 aromatic heterocycles. The van der Waals surface area contributed by atoms with Crippen LogP contribution in [-0.2, 0) is 4.79 Å². The summed E-state index contributed by atoms with van der Waals surface area (Å²) in [6, 6.07) is 0.0508. The Bertz CT molecular complexity index is 676. The van der Waals surface area contributed by atoms with Crippen LogP contribution in [-0.4, -0.2) is 39.1 Å². The second-order valence-electron chi connectivity index (χ2n) is 9.14. The molecule has 0 aromatic carbocycles. The van der Waals surface area contributed by atoms with Gasteiger partial charge >= 0.3 is 0 Å². The first kappa shape index (κ1) is 19.1. The molecule has 7 heteroatoms. The summed E-state index contributed by atoms with van der Waals surface area (Å²) in [4.78, 5) is 19.5. The average Bonchev–Trinajstić information content (AvgIpc) is 3.10. The number of amides is 1. The molecule has 150 valence electrons. The van der Waals surface area contributed by atoms with Gasteiger partial charge < -0.3 is 10.2 Å². The molecule has 1 unspecified atom stereocenters. The summed E-state index contributed by atoms with van der Waals surface area (Å²) in [6.07, 6.45) is 11.5. The van der Waals surface area contributed by atoms with Gasteiger partial charge in [-0.1, -0.05) is 19.3 Å². The van der Waals surface area contributed by atoms with Gasteiger partial charge in [0.2, 0.25) is 5.13 Å². The Hall–Kier alpha value is -1.24. The van der Waals surface area contributed by atoms with E-state index >= 15 is 0 Å². The normalized spacial score (nSPS) is 26.0. The Kier molecular flexibility index (Phi) is 5.16. The van der Waals surface area contributed by atoms with Gasteiger partial charge in [0, 0.05) is 35.6 Å². The maximum atomic E-state index is 13.9. The number of nitrogens with zero attached hydrogens (tertiary/aromatic N) is 3. The van der Waals surface area contributed by atoms with E-state index in [4.69, 9.17) is 9.36 Å². The highest BCUT2D eigenvalue weighted by Crippen LogP contribution is 2.47. The van der Waals surface area contributed by atoms with Crippen LogP contribution < -0.4 is 10.2 Å². The van der Waals surface area contributed by atoms with Crippen LogP contribution in [0.2, 0.25) is 0 Å². The molecular formula is C20H31FN4OS. The molecule has 1 aromatic rings. The number of carbonyl (C=O) groups is 1. The van der Waals surface area contributed by atoms with E-state index < -0.39 is 11.6 Å². The largest absolute Gasteiger partial charge is 0.350 e. The van der Waals surface area contributed by atoms with E-state index in [9.17, 15) is 9.18 Å². The number of carbonyl (C=O) groups excluding carboxylic acids is 1. The second kappa shape index (κ2) is 7.30. The van der Waals surface area contributed by atoms with Crippen molar-refractivity contribution in [3.8, 4) is 0 Å². The fourth-order valence-electron chi connectivity index (χ4n) is 4.89. The fourth-order valence-corrected chi connectivity index (χ4v) is 5.78. The predicted molar refractivity (Wildman–Crippen MR) is 106 cm³/mol. The van der Waals surface area contributed by atoms with E-state index in [-0.39, 0.29) is 11.6 Å². The molecule has 1 atom stereocenters. The van der Waals surface area contributed by atoms with Crippen LogP contribution in [0.15, 0.2) is 0 Å². The summed E-state index contributed by atoms with van der Waals surface area (Å²) >= 11 is 1.54. The van der Waals surface area contributed by atoms with Crippen molar-refractivity contribution in [3.05, 3.63) is 5.82 Å². The molecule has 3 fully saturated rings. The SMILES string of the molecule is CC(C)(F)C(=O)NC1CCN(c2nc(C3CCCCC3)ns2)C2(CCC2)C1. The molecule has 2 heterocycles. The van der Waals surface area contributed by atoms with Gasteiger partial charge in [0.05, 0.1) is 0 Å². The third kappa shape index (κ3) is 3.84. The molecule has 1 N–H and O–H groups in total. The zero-order valence-electron chi connectivity index (χ0n) is 16.5. The summed E-state index contributed by atoms with van der Waals surface area (Å²) in [5.74, 6) is 1.08. The Morgan fingerprint density at radius 3 is 2.59 bits per heavy atom. The van der Waals surface area contributed by atoms with Gasteiger partial charge in [-0.05, 0) is 58.8 Å². The van der Waals surface area contributed by atoms with Gasteiger partial charge in [0.1, 0.15) is 5.82 Å². The topological polar surface area (TPSA) is 58.1 Å². The Labute approximate surface area is 165 Å². The molecule has 1 aliphatic heterocycles. The first-order chi connectivity index (χ1) is 12.9. The third-order valence-electron chi connectivity index (χ3n) is 6.69. The minimum absolute atomic E-state index is 0.0508. The van der Waals surface area contributed by atoms with Crippen LogP contribution in [0.1, 0.15) is 89.8 Å². The average molecular weight is 395 g/mol. The molecular weight excluding hydrogens is 363 g/mol. The summed E-state index contributed by atoms with van der Waals surface area (Å²) in [6.45, 7) is 3.51. The lowest BCUT2D eigenvalue weighted by atomic mass is 9.69. The van der Waals surface area contributed by atoms with Gasteiger partial charge in [-0.25, -0.2) is 9.37 Å². The number of rotatable bonds is 4. The van der Waals surface area contributed by atoms with Gasteiger partial charge in [-0.15, -0.1) is 0 Å². The van der Waals surface area contributed by atoms with Crippen molar-refractivity contribution in [2.75, 3.05) is 11.4 Å². The van der Waals surface area contributed by atoms with Crippen LogP contribution in [0.3, 0.4) is 0 Å². The molecule has 3 aliphatic rings. The molecule has 5 nitrogen and oxygen atoms in total. The first-order valence-corrected chi connectivity index (χ1v) is 11.3. The number of piperidine rings is 1. The van der Waals surface area contributed by atoms with Crippen LogP contribution in [0.4, 0.5) is 9.52 Å². The minimum Gasteiger partial charge on any atom is -0.350 e. The smallest absolute Gasteiger partial charge is 0.257 e. The zero-order valence-corrected chi connectivity index (χ0v) is 17.3. The van der Waals surface area contributed by atoms with Gasteiger partial charge in [0.25, 0.3) is 5.91 Å². The van der Waals surface area contributed by atoms with E-state index in [0.29, 0.717) is 5.92 Å². The van der Waals surface area contributed by atoms with E-state index in [0.717, 1.165) is 43.2 Å². The number of anilines is 1. The Morgan fingerprint density at radius 2 is 1.96 bits per heavy atom. The molecule has 0 radical (unpaired) electrons. The van der Waals surface area contributed by atoms with Crippen molar-refractivity contribution >= 4 is 22.6 Å². The van der Waals surface area contributed by atoms with Crippen molar-refractivity contribution in [3.63, 3.8) is 0 Å². The van der Waals surface area contributed by atoms with Crippen molar-refractivity contribution in [2.24, 2.45) is 0 Å². The Balaban J connectivity index is 1.45. The molecule has 0 bridgehead atoms. The highest BCUT2D eigenvalue weighted by atomic mass is 32.1. The number of alkyl halides is 1. The highest BCUT2D eigenvalue weighted by molar-refractivity contribution is 7.09. The van der Waals surface area contributed by atoms with Crippen LogP contribution in [0.25, 0.3) is 0 Å². The highest BCUT2D eigenvalue weighted by Gasteiger charge is 2.48. The van der Waals surface area contributed by atoms with E-state index in [2.05, 4.69) is 10.2 Å². The molecule has 1 saturated heterocycles. The summed E-state index contributed by atoms with van der Waals surface area (Å²) < 4.78 is 18.6. The Morgan fingerprint density at radius 1 is 1.22 bits per heavy atom. The molecule has 2 saturated carbocycles. The van der Waals surface area contributed by atoms with Crippen LogP contribution >= 0.6 is 11.5 Å². The maximum absolute atomic E-state index is 13.9. The van der Waals surface area contributed by atoms with E-state index in [1.54, 1.807) is 0 Å². The van der Waals surface area contributed by atoms with Crippen molar-refractivity contribution in [1.29, 1.82) is 0 Å². The molecule has 4 rings (SSSR count). The second-order valence-corrected chi connectivity index (χ2v) is 9.87. The third-order valence-corrected chi connectivity index (χ3v) is 7.45. The maximum Gasteiger partial charge on any atom is 0.257 e. The van der Waals surface area contributed by atoms with Gasteiger partial charge in [0.15, 0.2) is 5.67 Å². The zero-order chi connectivity index (χ0) is 19.1. The lowest BCUT2D eigenvalue weighted by molar-refractivity contribution is -0.131.